The van der Waals surface area contributed by atoms with Crippen LogP contribution in [0.25, 0.3) is 0 Å². The summed E-state index contributed by atoms with van der Waals surface area (Å²) in [4.78, 5) is 21.9. The van der Waals surface area contributed by atoms with E-state index >= 15 is 0 Å². The molecule has 0 aliphatic carbocycles. The molecule has 4 heteroatoms. The zero-order valence-electron chi connectivity index (χ0n) is 10.8. The molecule has 0 bridgehead atoms. The topological polar surface area (TPSA) is 58.2 Å². The van der Waals surface area contributed by atoms with Crippen molar-refractivity contribution < 1.29 is 9.59 Å². The third kappa shape index (κ3) is 2.28. The van der Waals surface area contributed by atoms with E-state index < -0.39 is 0 Å². The predicted molar refractivity (Wildman–Crippen MR) is 75.2 cm³/mol. The molecule has 20 heavy (non-hydrogen) atoms. The Hall–Kier alpha value is -2.62. The van der Waals surface area contributed by atoms with E-state index in [1.165, 1.54) is 0 Å². The molecule has 2 heterocycles. The molecule has 0 aromatic heterocycles. The second-order valence-corrected chi connectivity index (χ2v) is 4.68. The lowest BCUT2D eigenvalue weighted by Crippen LogP contribution is -2.12. The van der Waals surface area contributed by atoms with Crippen LogP contribution in [-0.2, 0) is 13.1 Å². The second-order valence-electron chi connectivity index (χ2n) is 4.68. The maximum atomic E-state index is 11.0. The van der Waals surface area contributed by atoms with Gasteiger partial charge < -0.3 is 10.6 Å². The molecule has 2 aromatic carbocycles. The van der Waals surface area contributed by atoms with Gasteiger partial charge in [0.25, 0.3) is 11.8 Å². The molecule has 0 saturated heterocycles. The van der Waals surface area contributed by atoms with Crippen molar-refractivity contribution in [1.82, 2.24) is 10.6 Å². The Labute approximate surface area is 116 Å². The molecule has 2 N–H and O–H groups in total. The van der Waals surface area contributed by atoms with Crippen LogP contribution >= 0.6 is 0 Å². The normalized spacial score (nSPS) is 14.6. The molecule has 0 atom stereocenters. The molecule has 4 rings (SSSR count). The standard InChI is InChI=1S/2C8H7NO/c2*10-8-7-4-2-1-3-6(7)5-9-8/h2*1-4H,5H2,(H,9,10). The number of nitrogens with one attached hydrogen (secondary N) is 2. The smallest absolute Gasteiger partial charge is 0.251 e. The number of benzene rings is 2. The van der Waals surface area contributed by atoms with Crippen LogP contribution in [0.1, 0.15) is 31.8 Å². The minimum atomic E-state index is 0.0515. The van der Waals surface area contributed by atoms with Crippen LogP contribution in [0.3, 0.4) is 0 Å². The zero-order valence-corrected chi connectivity index (χ0v) is 10.8. The first kappa shape index (κ1) is 12.4. The first-order chi connectivity index (χ1) is 9.75. The quantitative estimate of drug-likeness (QED) is 0.764. The van der Waals surface area contributed by atoms with Gasteiger partial charge in [-0.3, -0.25) is 9.59 Å². The Morgan fingerprint density at radius 1 is 0.650 bits per heavy atom. The first-order valence-corrected chi connectivity index (χ1v) is 6.48. The molecular formula is C16H14N2O2. The number of fused-ring (bicyclic) bond motifs is 2. The molecule has 2 amide bonds. The molecule has 100 valence electrons. The molecule has 0 radical (unpaired) electrons. The Morgan fingerprint density at radius 3 is 1.45 bits per heavy atom. The van der Waals surface area contributed by atoms with Crippen molar-refractivity contribution in [3.05, 3.63) is 70.8 Å². The highest BCUT2D eigenvalue weighted by atomic mass is 16.2. The lowest BCUT2D eigenvalue weighted by molar-refractivity contribution is 0.0957. The van der Waals surface area contributed by atoms with Crippen LogP contribution < -0.4 is 10.6 Å². The molecule has 0 spiro atoms. The number of hydrogen-bond acceptors (Lipinski definition) is 2. The summed E-state index contributed by atoms with van der Waals surface area (Å²) in [5.74, 6) is 0.103. The maximum absolute atomic E-state index is 11.0. The number of rotatable bonds is 0. The van der Waals surface area contributed by atoms with Crippen LogP contribution in [0.2, 0.25) is 0 Å². The summed E-state index contributed by atoms with van der Waals surface area (Å²) in [5.41, 5.74) is 3.85. The number of carbonyl (C=O) groups is 2. The van der Waals surface area contributed by atoms with E-state index in [-0.39, 0.29) is 11.8 Å². The van der Waals surface area contributed by atoms with E-state index in [9.17, 15) is 9.59 Å². The lowest BCUT2D eigenvalue weighted by Gasteiger charge is -1.89. The summed E-state index contributed by atoms with van der Waals surface area (Å²) in [7, 11) is 0. The van der Waals surface area contributed by atoms with Gasteiger partial charge in [-0.1, -0.05) is 36.4 Å². The molecular weight excluding hydrogens is 252 g/mol. The molecule has 2 aromatic rings. The summed E-state index contributed by atoms with van der Waals surface area (Å²) in [6.07, 6.45) is 0. The molecule has 0 fully saturated rings. The van der Waals surface area contributed by atoms with E-state index in [0.717, 1.165) is 22.3 Å². The molecule has 0 saturated carbocycles. The maximum Gasteiger partial charge on any atom is 0.251 e. The van der Waals surface area contributed by atoms with Gasteiger partial charge in [0.2, 0.25) is 0 Å². The average molecular weight is 266 g/mol. The van der Waals surface area contributed by atoms with Gasteiger partial charge in [0, 0.05) is 24.2 Å². The van der Waals surface area contributed by atoms with Crippen LogP contribution in [-0.4, -0.2) is 11.8 Å². The summed E-state index contributed by atoms with van der Waals surface area (Å²) in [6, 6.07) is 15.3. The van der Waals surface area contributed by atoms with Crippen LogP contribution in [0, 0.1) is 0 Å². The fraction of sp³-hybridized carbons (Fsp3) is 0.125. The monoisotopic (exact) mass is 266 g/mol. The van der Waals surface area contributed by atoms with Crippen molar-refractivity contribution in [1.29, 1.82) is 0 Å². The second kappa shape index (κ2) is 5.17. The highest BCUT2D eigenvalue weighted by Crippen LogP contribution is 2.14. The SMILES string of the molecule is O=C1NCc2ccccc21.O=C1NCc2ccccc21. The van der Waals surface area contributed by atoms with E-state index in [4.69, 9.17) is 0 Å². The fourth-order valence-corrected chi connectivity index (χ4v) is 2.33. The predicted octanol–water partition coefficient (Wildman–Crippen LogP) is 1.86. The highest BCUT2D eigenvalue weighted by molar-refractivity contribution is 5.98. The Bertz CT molecular complexity index is 620. The number of hydrogen-bond donors (Lipinski definition) is 2. The highest BCUT2D eigenvalue weighted by Gasteiger charge is 2.17. The van der Waals surface area contributed by atoms with Crippen molar-refractivity contribution in [2.24, 2.45) is 0 Å². The minimum Gasteiger partial charge on any atom is -0.348 e. The lowest BCUT2D eigenvalue weighted by atomic mass is 10.1. The number of carbonyl (C=O) groups excluding carboxylic acids is 2. The van der Waals surface area contributed by atoms with Crippen molar-refractivity contribution in [2.75, 3.05) is 0 Å². The fourth-order valence-electron chi connectivity index (χ4n) is 2.33. The first-order valence-electron chi connectivity index (χ1n) is 6.48. The van der Waals surface area contributed by atoms with E-state index in [0.29, 0.717) is 13.1 Å². The van der Waals surface area contributed by atoms with E-state index in [1.54, 1.807) is 0 Å². The number of amides is 2. The molecule has 2 aliphatic rings. The largest absolute Gasteiger partial charge is 0.348 e. The van der Waals surface area contributed by atoms with Crippen LogP contribution in [0.5, 0.6) is 0 Å². The minimum absolute atomic E-state index is 0.0515. The third-order valence-corrected chi connectivity index (χ3v) is 3.40. The molecule has 2 aliphatic heterocycles. The third-order valence-electron chi connectivity index (χ3n) is 3.40. The Kier molecular flexibility index (Phi) is 3.21. The summed E-state index contributed by atoms with van der Waals surface area (Å²) in [5, 5.41) is 5.49. The van der Waals surface area contributed by atoms with Crippen molar-refractivity contribution >= 4 is 11.8 Å². The molecule has 0 unspecified atom stereocenters. The van der Waals surface area contributed by atoms with Gasteiger partial charge in [-0.25, -0.2) is 0 Å². The van der Waals surface area contributed by atoms with Gasteiger partial charge in [-0.05, 0) is 23.3 Å². The van der Waals surface area contributed by atoms with Crippen LogP contribution in [0.4, 0.5) is 0 Å². The van der Waals surface area contributed by atoms with E-state index in [2.05, 4.69) is 10.6 Å². The van der Waals surface area contributed by atoms with Gasteiger partial charge >= 0.3 is 0 Å². The van der Waals surface area contributed by atoms with Crippen LogP contribution in [0.15, 0.2) is 48.5 Å². The zero-order chi connectivity index (χ0) is 13.9. The van der Waals surface area contributed by atoms with Gasteiger partial charge in [-0.15, -0.1) is 0 Å². The Balaban J connectivity index is 0.000000121. The van der Waals surface area contributed by atoms with E-state index in [1.807, 2.05) is 48.5 Å². The Morgan fingerprint density at radius 2 is 1.05 bits per heavy atom. The molecule has 4 nitrogen and oxygen atoms in total. The van der Waals surface area contributed by atoms with Gasteiger partial charge in [0.15, 0.2) is 0 Å². The average Bonchev–Trinajstić information content (AvgIpc) is 3.05. The summed E-state index contributed by atoms with van der Waals surface area (Å²) >= 11 is 0. The van der Waals surface area contributed by atoms with Crippen molar-refractivity contribution in [2.45, 2.75) is 13.1 Å². The van der Waals surface area contributed by atoms with Crippen molar-refractivity contribution in [3.63, 3.8) is 0 Å². The van der Waals surface area contributed by atoms with Crippen molar-refractivity contribution in [3.8, 4) is 0 Å². The van der Waals surface area contributed by atoms with Gasteiger partial charge in [-0.2, -0.15) is 0 Å². The summed E-state index contributed by atoms with van der Waals surface area (Å²) < 4.78 is 0. The van der Waals surface area contributed by atoms with Gasteiger partial charge in [0.1, 0.15) is 0 Å². The summed E-state index contributed by atoms with van der Waals surface area (Å²) in [6.45, 7) is 1.38. The van der Waals surface area contributed by atoms with Gasteiger partial charge in [0.05, 0.1) is 0 Å².